The van der Waals surface area contributed by atoms with Crippen LogP contribution in [0.1, 0.15) is 5.56 Å². The highest BCUT2D eigenvalue weighted by molar-refractivity contribution is 9.10. The Labute approximate surface area is 108 Å². The van der Waals surface area contributed by atoms with Crippen LogP contribution < -0.4 is 5.32 Å². The summed E-state index contributed by atoms with van der Waals surface area (Å²) in [6.45, 7) is 2.28. The van der Waals surface area contributed by atoms with Crippen LogP contribution in [-0.2, 0) is 9.53 Å². The molecule has 0 radical (unpaired) electrons. The van der Waals surface area contributed by atoms with E-state index in [9.17, 15) is 4.79 Å². The Bertz CT molecular complexity index is 504. The topological polar surface area (TPSA) is 62.1 Å². The summed E-state index contributed by atoms with van der Waals surface area (Å²) in [6.07, 6.45) is 0. The molecule has 0 spiro atoms. The van der Waals surface area contributed by atoms with Gasteiger partial charge in [-0.15, -0.1) is 0 Å². The van der Waals surface area contributed by atoms with E-state index in [1.165, 1.54) is 0 Å². The van der Waals surface area contributed by atoms with Crippen LogP contribution >= 0.6 is 15.9 Å². The molecule has 1 heterocycles. The van der Waals surface area contributed by atoms with Gasteiger partial charge in [-0.25, -0.2) is 0 Å². The van der Waals surface area contributed by atoms with Crippen LogP contribution in [0.15, 0.2) is 22.7 Å². The highest BCUT2D eigenvalue weighted by atomic mass is 79.9. The Hall–Kier alpha value is -1.38. The summed E-state index contributed by atoms with van der Waals surface area (Å²) in [4.78, 5) is 11.9. The van der Waals surface area contributed by atoms with E-state index in [4.69, 9.17) is 10.00 Å². The zero-order valence-corrected chi connectivity index (χ0v) is 10.9. The monoisotopic (exact) mass is 294 g/mol. The lowest BCUT2D eigenvalue weighted by Gasteiger charge is -2.33. The summed E-state index contributed by atoms with van der Waals surface area (Å²) in [6, 6.07) is 7.52. The first-order chi connectivity index (χ1) is 8.07. The number of nitriles is 1. The molecule has 0 unspecified atom stereocenters. The molecule has 0 saturated carbocycles. The Morgan fingerprint density at radius 3 is 2.76 bits per heavy atom. The zero-order valence-electron chi connectivity index (χ0n) is 9.29. The number of benzene rings is 1. The molecular formula is C12H11BrN2O2. The van der Waals surface area contributed by atoms with Gasteiger partial charge in [0.25, 0.3) is 0 Å². The van der Waals surface area contributed by atoms with Crippen molar-refractivity contribution >= 4 is 27.5 Å². The lowest BCUT2D eigenvalue weighted by atomic mass is 9.87. The number of carbonyl (C=O) groups is 1. The van der Waals surface area contributed by atoms with E-state index in [1.54, 1.807) is 6.07 Å². The molecule has 0 aromatic heterocycles. The first-order valence-corrected chi connectivity index (χ1v) is 5.93. The first kappa shape index (κ1) is 12.1. The number of hydrogen-bond acceptors (Lipinski definition) is 3. The number of rotatable bonds is 2. The van der Waals surface area contributed by atoms with Crippen molar-refractivity contribution in [3.8, 4) is 6.07 Å². The molecule has 0 atom stereocenters. The molecule has 17 heavy (non-hydrogen) atoms. The Morgan fingerprint density at radius 1 is 1.59 bits per heavy atom. The molecule has 0 aliphatic carbocycles. The maximum atomic E-state index is 11.9. The largest absolute Gasteiger partial charge is 0.377 e. The Kier molecular flexibility index (Phi) is 3.18. The van der Waals surface area contributed by atoms with Crippen molar-refractivity contribution in [2.75, 3.05) is 18.5 Å². The Balaban J connectivity index is 2.13. The van der Waals surface area contributed by atoms with Gasteiger partial charge in [0, 0.05) is 10.2 Å². The molecule has 2 rings (SSSR count). The third-order valence-electron chi connectivity index (χ3n) is 2.76. The molecule has 1 aromatic carbocycles. The van der Waals surface area contributed by atoms with Crippen molar-refractivity contribution in [1.29, 1.82) is 5.26 Å². The van der Waals surface area contributed by atoms with Crippen LogP contribution in [0.5, 0.6) is 0 Å². The number of carbonyl (C=O) groups excluding carboxylic acids is 1. The van der Waals surface area contributed by atoms with Crippen LogP contribution in [0.25, 0.3) is 0 Å². The highest BCUT2D eigenvalue weighted by Crippen LogP contribution is 2.29. The standard InChI is InChI=1S/C12H11BrN2O2/c1-8-4-9(2-3-10(8)13)15-11(16)12(5-14)6-17-7-12/h2-4H,6-7H2,1H3,(H,15,16). The molecule has 1 amide bonds. The molecule has 5 heteroatoms. The number of amides is 1. The quantitative estimate of drug-likeness (QED) is 0.910. The van der Waals surface area contributed by atoms with E-state index in [0.717, 1.165) is 10.0 Å². The minimum absolute atomic E-state index is 0.171. The van der Waals surface area contributed by atoms with E-state index in [2.05, 4.69) is 21.2 Å². The first-order valence-electron chi connectivity index (χ1n) is 5.14. The van der Waals surface area contributed by atoms with Gasteiger partial charge in [-0.2, -0.15) is 5.26 Å². The summed E-state index contributed by atoms with van der Waals surface area (Å²) in [5, 5.41) is 11.7. The number of aryl methyl sites for hydroxylation is 1. The number of nitrogens with zero attached hydrogens (tertiary/aromatic N) is 1. The second-order valence-electron chi connectivity index (χ2n) is 4.10. The minimum Gasteiger partial charge on any atom is -0.377 e. The van der Waals surface area contributed by atoms with E-state index in [1.807, 2.05) is 25.1 Å². The van der Waals surface area contributed by atoms with Gasteiger partial charge >= 0.3 is 0 Å². The summed E-state index contributed by atoms with van der Waals surface area (Å²) in [7, 11) is 0. The van der Waals surface area contributed by atoms with Crippen LogP contribution in [0, 0.1) is 23.7 Å². The maximum absolute atomic E-state index is 11.9. The summed E-state index contributed by atoms with van der Waals surface area (Å²) in [5.74, 6) is -0.298. The minimum atomic E-state index is -1.01. The summed E-state index contributed by atoms with van der Waals surface area (Å²) in [5.41, 5.74) is 0.706. The normalized spacial score (nSPS) is 16.8. The van der Waals surface area contributed by atoms with Crippen LogP contribution in [0.4, 0.5) is 5.69 Å². The molecule has 1 aromatic rings. The molecule has 1 aliphatic heterocycles. The van der Waals surface area contributed by atoms with Crippen molar-refractivity contribution in [3.05, 3.63) is 28.2 Å². The lowest BCUT2D eigenvalue weighted by Crippen LogP contribution is -2.50. The lowest BCUT2D eigenvalue weighted by molar-refractivity contribution is -0.144. The molecule has 4 nitrogen and oxygen atoms in total. The molecule has 88 valence electrons. The van der Waals surface area contributed by atoms with Gasteiger partial charge in [0.1, 0.15) is 0 Å². The average molecular weight is 295 g/mol. The highest BCUT2D eigenvalue weighted by Gasteiger charge is 2.46. The number of nitrogens with one attached hydrogen (secondary N) is 1. The molecule has 1 saturated heterocycles. The van der Waals surface area contributed by atoms with Gasteiger partial charge in [0.05, 0.1) is 19.3 Å². The third kappa shape index (κ3) is 2.19. The fourth-order valence-electron chi connectivity index (χ4n) is 1.53. The molecular weight excluding hydrogens is 284 g/mol. The predicted octanol–water partition coefficient (Wildman–Crippen LogP) is 2.24. The summed E-state index contributed by atoms with van der Waals surface area (Å²) < 4.78 is 5.92. The average Bonchev–Trinajstić information content (AvgIpc) is 2.23. The SMILES string of the molecule is Cc1cc(NC(=O)C2(C#N)COC2)ccc1Br. The van der Waals surface area contributed by atoms with E-state index in [-0.39, 0.29) is 19.1 Å². The Morgan fingerprint density at radius 2 is 2.29 bits per heavy atom. The molecule has 1 fully saturated rings. The molecule has 0 bridgehead atoms. The smallest absolute Gasteiger partial charge is 0.249 e. The number of halogens is 1. The second-order valence-corrected chi connectivity index (χ2v) is 4.96. The van der Waals surface area contributed by atoms with Gasteiger partial charge < -0.3 is 10.1 Å². The maximum Gasteiger partial charge on any atom is 0.249 e. The van der Waals surface area contributed by atoms with Gasteiger partial charge in [-0.3, -0.25) is 4.79 Å². The van der Waals surface area contributed by atoms with Crippen molar-refractivity contribution < 1.29 is 9.53 Å². The van der Waals surface area contributed by atoms with E-state index >= 15 is 0 Å². The molecule has 1 N–H and O–H groups in total. The van der Waals surface area contributed by atoms with Crippen molar-refractivity contribution in [2.24, 2.45) is 5.41 Å². The number of anilines is 1. The van der Waals surface area contributed by atoms with E-state index < -0.39 is 5.41 Å². The second kappa shape index (κ2) is 4.47. The van der Waals surface area contributed by atoms with Crippen molar-refractivity contribution in [1.82, 2.24) is 0 Å². The van der Waals surface area contributed by atoms with Gasteiger partial charge in [0.15, 0.2) is 5.41 Å². The fourth-order valence-corrected chi connectivity index (χ4v) is 1.77. The zero-order chi connectivity index (χ0) is 12.5. The van der Waals surface area contributed by atoms with Crippen LogP contribution in [0.2, 0.25) is 0 Å². The third-order valence-corrected chi connectivity index (χ3v) is 3.65. The predicted molar refractivity (Wildman–Crippen MR) is 66.4 cm³/mol. The number of hydrogen-bond donors (Lipinski definition) is 1. The molecule has 1 aliphatic rings. The van der Waals surface area contributed by atoms with Gasteiger partial charge in [-0.1, -0.05) is 15.9 Å². The van der Waals surface area contributed by atoms with Gasteiger partial charge in [-0.05, 0) is 30.7 Å². The van der Waals surface area contributed by atoms with E-state index in [0.29, 0.717) is 5.69 Å². The van der Waals surface area contributed by atoms with Crippen molar-refractivity contribution in [3.63, 3.8) is 0 Å². The van der Waals surface area contributed by atoms with Crippen LogP contribution in [-0.4, -0.2) is 19.1 Å². The number of ether oxygens (including phenoxy) is 1. The van der Waals surface area contributed by atoms with Crippen LogP contribution in [0.3, 0.4) is 0 Å². The fraction of sp³-hybridized carbons (Fsp3) is 0.333. The summed E-state index contributed by atoms with van der Waals surface area (Å²) >= 11 is 3.39. The van der Waals surface area contributed by atoms with Crippen molar-refractivity contribution in [2.45, 2.75) is 6.92 Å². The van der Waals surface area contributed by atoms with Gasteiger partial charge in [0.2, 0.25) is 5.91 Å².